The van der Waals surface area contributed by atoms with Gasteiger partial charge in [-0.3, -0.25) is 14.4 Å². The average Bonchev–Trinajstić information content (AvgIpc) is 3.43. The van der Waals surface area contributed by atoms with Crippen LogP contribution in [0.25, 0.3) is 0 Å². The molecule has 0 heterocycles. The fraction of sp³-hybridized carbons (Fsp3) is 0.250. The number of benzene rings is 2. The Morgan fingerprint density at radius 2 is 1.54 bits per heavy atom. The van der Waals surface area contributed by atoms with Gasteiger partial charge in [-0.1, -0.05) is 24.3 Å². The van der Waals surface area contributed by atoms with Gasteiger partial charge in [0.2, 0.25) is 17.7 Å². The van der Waals surface area contributed by atoms with Gasteiger partial charge in [-0.05, 0) is 43.2 Å². The van der Waals surface area contributed by atoms with Crippen LogP contribution in [0, 0.1) is 5.41 Å². The first-order chi connectivity index (χ1) is 12.4. The van der Waals surface area contributed by atoms with Crippen LogP contribution < -0.4 is 15.5 Å². The second-order valence-electron chi connectivity index (χ2n) is 6.50. The number of para-hydroxylation sites is 1. The number of carbonyl (C=O) groups excluding carboxylic acids is 3. The summed E-state index contributed by atoms with van der Waals surface area (Å²) in [5, 5.41) is 5.48. The van der Waals surface area contributed by atoms with Crippen LogP contribution >= 0.6 is 0 Å². The number of rotatable bonds is 5. The zero-order valence-corrected chi connectivity index (χ0v) is 14.8. The topological polar surface area (TPSA) is 78.5 Å². The first-order valence-electron chi connectivity index (χ1n) is 8.45. The molecule has 2 aromatic carbocycles. The maximum absolute atomic E-state index is 12.9. The van der Waals surface area contributed by atoms with Crippen molar-refractivity contribution in [3.8, 4) is 0 Å². The Morgan fingerprint density at radius 1 is 0.923 bits per heavy atom. The summed E-state index contributed by atoms with van der Waals surface area (Å²) in [6.07, 6.45) is 1.06. The highest BCUT2D eigenvalue weighted by molar-refractivity contribution is 6.17. The fourth-order valence-corrected chi connectivity index (χ4v) is 2.88. The van der Waals surface area contributed by atoms with Crippen molar-refractivity contribution < 1.29 is 14.4 Å². The molecule has 0 bridgehead atoms. The van der Waals surface area contributed by atoms with Gasteiger partial charge in [0.25, 0.3) is 0 Å². The molecule has 0 spiro atoms. The molecule has 134 valence electrons. The first kappa shape index (κ1) is 17.7. The molecule has 2 aromatic rings. The second-order valence-corrected chi connectivity index (χ2v) is 6.50. The van der Waals surface area contributed by atoms with Gasteiger partial charge in [-0.25, -0.2) is 0 Å². The molecule has 1 saturated carbocycles. The first-order valence-corrected chi connectivity index (χ1v) is 8.45. The van der Waals surface area contributed by atoms with Crippen molar-refractivity contribution >= 4 is 34.8 Å². The third-order valence-electron chi connectivity index (χ3n) is 4.48. The van der Waals surface area contributed by atoms with E-state index in [1.165, 1.54) is 11.8 Å². The number of amides is 3. The molecule has 0 saturated heterocycles. The van der Waals surface area contributed by atoms with Crippen LogP contribution in [-0.2, 0) is 14.4 Å². The number of carbonyl (C=O) groups is 3. The molecular weight excluding hydrogens is 330 g/mol. The van der Waals surface area contributed by atoms with Crippen molar-refractivity contribution in [3.05, 3.63) is 54.6 Å². The van der Waals surface area contributed by atoms with Crippen LogP contribution in [0.5, 0.6) is 0 Å². The fourth-order valence-electron chi connectivity index (χ4n) is 2.88. The Balaban J connectivity index is 1.73. The molecule has 3 rings (SSSR count). The number of anilines is 3. The lowest BCUT2D eigenvalue weighted by molar-refractivity contribution is -0.132. The van der Waals surface area contributed by atoms with E-state index in [1.807, 2.05) is 30.3 Å². The number of nitrogens with zero attached hydrogens (tertiary/aromatic N) is 1. The van der Waals surface area contributed by atoms with Gasteiger partial charge < -0.3 is 15.5 Å². The van der Waals surface area contributed by atoms with Crippen molar-refractivity contribution in [2.24, 2.45) is 5.41 Å². The van der Waals surface area contributed by atoms with Crippen LogP contribution in [0.4, 0.5) is 17.1 Å². The third kappa shape index (κ3) is 3.59. The van der Waals surface area contributed by atoms with E-state index < -0.39 is 5.41 Å². The highest BCUT2D eigenvalue weighted by atomic mass is 16.2. The Kier molecular flexibility index (Phi) is 4.75. The van der Waals surface area contributed by atoms with Gasteiger partial charge >= 0.3 is 0 Å². The lowest BCUT2D eigenvalue weighted by atomic mass is 10.0. The van der Waals surface area contributed by atoms with Crippen molar-refractivity contribution in [1.82, 2.24) is 0 Å². The number of hydrogen-bond acceptors (Lipinski definition) is 3. The van der Waals surface area contributed by atoms with Gasteiger partial charge in [0, 0.05) is 31.0 Å². The summed E-state index contributed by atoms with van der Waals surface area (Å²) in [5.41, 5.74) is 0.869. The monoisotopic (exact) mass is 351 g/mol. The SMILES string of the molecule is CC(=O)Nc1cccc(NC(=O)C2(C(=O)N(C)c3ccccc3)CC2)c1. The molecule has 3 amide bonds. The Labute approximate surface area is 152 Å². The minimum absolute atomic E-state index is 0.188. The summed E-state index contributed by atoms with van der Waals surface area (Å²) >= 11 is 0. The highest BCUT2D eigenvalue weighted by Crippen LogP contribution is 2.48. The van der Waals surface area contributed by atoms with Crippen molar-refractivity contribution in [1.29, 1.82) is 0 Å². The molecule has 0 aliphatic heterocycles. The molecule has 0 aromatic heterocycles. The van der Waals surface area contributed by atoms with Crippen molar-refractivity contribution in [3.63, 3.8) is 0 Å². The molecule has 1 fully saturated rings. The molecule has 6 heteroatoms. The largest absolute Gasteiger partial charge is 0.326 e. The Hall–Kier alpha value is -3.15. The van der Waals surface area contributed by atoms with E-state index in [-0.39, 0.29) is 17.7 Å². The van der Waals surface area contributed by atoms with Crippen LogP contribution in [-0.4, -0.2) is 24.8 Å². The second kappa shape index (κ2) is 7.00. The van der Waals surface area contributed by atoms with E-state index in [0.717, 1.165) is 5.69 Å². The van der Waals surface area contributed by atoms with Gasteiger partial charge in [-0.15, -0.1) is 0 Å². The van der Waals surface area contributed by atoms with E-state index in [0.29, 0.717) is 24.2 Å². The van der Waals surface area contributed by atoms with Crippen molar-refractivity contribution in [2.45, 2.75) is 19.8 Å². The number of hydrogen-bond donors (Lipinski definition) is 2. The van der Waals surface area contributed by atoms with Gasteiger partial charge in [0.1, 0.15) is 5.41 Å². The van der Waals surface area contributed by atoms with Crippen LogP contribution in [0.3, 0.4) is 0 Å². The maximum Gasteiger partial charge on any atom is 0.242 e. The summed E-state index contributed by atoms with van der Waals surface area (Å²) in [4.78, 5) is 38.3. The lowest BCUT2D eigenvalue weighted by Crippen LogP contribution is -2.41. The van der Waals surface area contributed by atoms with Gasteiger partial charge in [0.15, 0.2) is 0 Å². The molecule has 0 atom stereocenters. The summed E-state index contributed by atoms with van der Waals surface area (Å²) in [6.45, 7) is 1.42. The van der Waals surface area contributed by atoms with E-state index >= 15 is 0 Å². The van der Waals surface area contributed by atoms with Gasteiger partial charge in [0.05, 0.1) is 0 Å². The zero-order chi connectivity index (χ0) is 18.7. The van der Waals surface area contributed by atoms with E-state index in [4.69, 9.17) is 0 Å². The normalized spacial score (nSPS) is 14.2. The Morgan fingerprint density at radius 3 is 2.12 bits per heavy atom. The Bertz CT molecular complexity index is 844. The maximum atomic E-state index is 12.9. The standard InChI is InChI=1S/C20H21N3O3/c1-14(24)21-15-7-6-8-16(13-15)22-18(25)20(11-12-20)19(26)23(2)17-9-4-3-5-10-17/h3-10,13H,11-12H2,1-2H3,(H,21,24)(H,22,25). The quantitative estimate of drug-likeness (QED) is 0.813. The van der Waals surface area contributed by atoms with E-state index in [1.54, 1.807) is 31.3 Å². The molecule has 6 nitrogen and oxygen atoms in total. The van der Waals surface area contributed by atoms with Crippen molar-refractivity contribution in [2.75, 3.05) is 22.6 Å². The molecule has 1 aliphatic carbocycles. The minimum Gasteiger partial charge on any atom is -0.326 e. The predicted molar refractivity (Wildman–Crippen MR) is 101 cm³/mol. The molecule has 0 unspecified atom stereocenters. The van der Waals surface area contributed by atoms with E-state index in [9.17, 15) is 14.4 Å². The molecular formula is C20H21N3O3. The third-order valence-corrected chi connectivity index (χ3v) is 4.48. The van der Waals surface area contributed by atoms with Crippen LogP contribution in [0.2, 0.25) is 0 Å². The van der Waals surface area contributed by atoms with E-state index in [2.05, 4.69) is 10.6 Å². The van der Waals surface area contributed by atoms with Gasteiger partial charge in [-0.2, -0.15) is 0 Å². The lowest BCUT2D eigenvalue weighted by Gasteiger charge is -2.23. The van der Waals surface area contributed by atoms with Crippen LogP contribution in [0.1, 0.15) is 19.8 Å². The average molecular weight is 351 g/mol. The zero-order valence-electron chi connectivity index (χ0n) is 14.8. The summed E-state index contributed by atoms with van der Waals surface area (Å²) < 4.78 is 0. The summed E-state index contributed by atoms with van der Waals surface area (Å²) in [6, 6.07) is 16.1. The minimum atomic E-state index is -1.02. The smallest absolute Gasteiger partial charge is 0.242 e. The predicted octanol–water partition coefficient (Wildman–Crippen LogP) is 3.03. The molecule has 2 N–H and O–H groups in total. The summed E-state index contributed by atoms with van der Waals surface area (Å²) in [7, 11) is 1.68. The molecule has 26 heavy (non-hydrogen) atoms. The number of nitrogens with one attached hydrogen (secondary N) is 2. The molecule has 0 radical (unpaired) electrons. The summed E-state index contributed by atoms with van der Waals surface area (Å²) in [5.74, 6) is -0.712. The van der Waals surface area contributed by atoms with Crippen LogP contribution in [0.15, 0.2) is 54.6 Å². The highest BCUT2D eigenvalue weighted by Gasteiger charge is 2.57. The molecule has 1 aliphatic rings.